The molecule has 1 aliphatic heterocycles. The van der Waals surface area contributed by atoms with E-state index < -0.39 is 0 Å². The summed E-state index contributed by atoms with van der Waals surface area (Å²) in [4.78, 5) is 16.6. The first kappa shape index (κ1) is 17.7. The van der Waals surface area contributed by atoms with E-state index in [-0.39, 0.29) is 11.9 Å². The number of piperazine rings is 1. The molecule has 1 saturated heterocycles. The highest BCUT2D eigenvalue weighted by atomic mass is 16.2. The summed E-state index contributed by atoms with van der Waals surface area (Å²) in [6, 6.07) is 10.7. The Morgan fingerprint density at radius 2 is 1.83 bits per heavy atom. The van der Waals surface area contributed by atoms with Gasteiger partial charge in [-0.2, -0.15) is 0 Å². The predicted molar refractivity (Wildman–Crippen MR) is 96.3 cm³/mol. The van der Waals surface area contributed by atoms with Gasteiger partial charge >= 0.3 is 0 Å². The molecule has 1 N–H and O–H groups in total. The fourth-order valence-corrected chi connectivity index (χ4v) is 2.66. The number of hydrogen-bond donors (Lipinski definition) is 1. The molecule has 2 rings (SSSR count). The number of nitrogens with zero attached hydrogens (tertiary/aromatic N) is 2. The molecule has 4 nitrogen and oxygen atoms in total. The Balaban J connectivity index is 1.66. The lowest BCUT2D eigenvalue weighted by molar-refractivity contribution is -0.123. The van der Waals surface area contributed by atoms with E-state index in [1.54, 1.807) is 0 Å². The molecule has 0 radical (unpaired) electrons. The molecule has 1 atom stereocenters. The molecule has 1 aliphatic rings. The van der Waals surface area contributed by atoms with Gasteiger partial charge in [-0.15, -0.1) is 0 Å². The number of rotatable bonds is 7. The molecule has 1 aromatic rings. The van der Waals surface area contributed by atoms with Crippen molar-refractivity contribution in [3.05, 3.63) is 42.0 Å². The first-order valence-corrected chi connectivity index (χ1v) is 8.63. The highest BCUT2D eigenvalue weighted by Crippen LogP contribution is 2.04. The monoisotopic (exact) mass is 315 g/mol. The van der Waals surface area contributed by atoms with Crippen LogP contribution in [0.2, 0.25) is 0 Å². The molecule has 0 spiro atoms. The van der Waals surface area contributed by atoms with Gasteiger partial charge in [0, 0.05) is 38.8 Å². The van der Waals surface area contributed by atoms with Crippen LogP contribution in [0.3, 0.4) is 0 Å². The van der Waals surface area contributed by atoms with Crippen molar-refractivity contribution in [3.8, 4) is 0 Å². The molecule has 1 amide bonds. The molecule has 0 bridgehead atoms. The topological polar surface area (TPSA) is 35.6 Å². The van der Waals surface area contributed by atoms with Crippen molar-refractivity contribution in [2.75, 3.05) is 39.3 Å². The van der Waals surface area contributed by atoms with Crippen LogP contribution < -0.4 is 5.32 Å². The Morgan fingerprint density at radius 1 is 1.17 bits per heavy atom. The zero-order valence-corrected chi connectivity index (χ0v) is 14.4. The normalized spacial score (nSPS) is 18.2. The molecule has 0 aliphatic carbocycles. The molecular weight excluding hydrogens is 286 g/mol. The van der Waals surface area contributed by atoms with Crippen molar-refractivity contribution >= 4 is 12.0 Å². The minimum Gasteiger partial charge on any atom is -0.353 e. The van der Waals surface area contributed by atoms with Crippen LogP contribution in [0.15, 0.2) is 36.4 Å². The van der Waals surface area contributed by atoms with Crippen LogP contribution in [0.5, 0.6) is 0 Å². The average molecular weight is 315 g/mol. The zero-order valence-electron chi connectivity index (χ0n) is 14.4. The van der Waals surface area contributed by atoms with E-state index in [1.807, 2.05) is 6.07 Å². The van der Waals surface area contributed by atoms with Crippen molar-refractivity contribution in [2.24, 2.45) is 0 Å². The number of amides is 1. The summed E-state index contributed by atoms with van der Waals surface area (Å²) in [6.07, 6.45) is 5.37. The van der Waals surface area contributed by atoms with E-state index in [4.69, 9.17) is 0 Å². The molecular formula is C19H29N3O. The quantitative estimate of drug-likeness (QED) is 0.838. The maximum absolute atomic E-state index is 11.9. The van der Waals surface area contributed by atoms with Crippen molar-refractivity contribution in [2.45, 2.75) is 26.3 Å². The lowest BCUT2D eigenvalue weighted by Crippen LogP contribution is -2.50. The number of nitrogens with one attached hydrogen (secondary N) is 1. The van der Waals surface area contributed by atoms with Gasteiger partial charge in [0.1, 0.15) is 0 Å². The molecule has 126 valence electrons. The number of carbonyl (C=O) groups is 1. The van der Waals surface area contributed by atoms with Gasteiger partial charge < -0.3 is 5.32 Å². The predicted octanol–water partition coefficient (Wildman–Crippen LogP) is 2.23. The summed E-state index contributed by atoms with van der Waals surface area (Å²) in [5.74, 6) is 0.150. The van der Waals surface area contributed by atoms with Crippen LogP contribution in [-0.4, -0.2) is 61.0 Å². The Kier molecular flexibility index (Phi) is 7.30. The zero-order chi connectivity index (χ0) is 16.5. The SMILES string of the molecule is CCC(C)NC(=O)CN1CCN(C/C=C/c2ccccc2)CC1. The molecule has 23 heavy (non-hydrogen) atoms. The maximum atomic E-state index is 11.9. The molecule has 1 aromatic carbocycles. The Hall–Kier alpha value is -1.65. The molecule has 1 heterocycles. The third kappa shape index (κ3) is 6.55. The van der Waals surface area contributed by atoms with Crippen molar-refractivity contribution in [1.29, 1.82) is 0 Å². The molecule has 1 unspecified atom stereocenters. The van der Waals surface area contributed by atoms with E-state index >= 15 is 0 Å². The summed E-state index contributed by atoms with van der Waals surface area (Å²) in [5, 5.41) is 3.04. The molecule has 0 saturated carbocycles. The van der Waals surface area contributed by atoms with Gasteiger partial charge in [0.25, 0.3) is 0 Å². The summed E-state index contributed by atoms with van der Waals surface area (Å²) >= 11 is 0. The Morgan fingerprint density at radius 3 is 2.48 bits per heavy atom. The van der Waals surface area contributed by atoms with Crippen LogP contribution in [0.25, 0.3) is 6.08 Å². The largest absolute Gasteiger partial charge is 0.353 e. The van der Waals surface area contributed by atoms with Gasteiger partial charge in [0.15, 0.2) is 0 Å². The maximum Gasteiger partial charge on any atom is 0.234 e. The van der Waals surface area contributed by atoms with E-state index in [9.17, 15) is 4.79 Å². The summed E-state index contributed by atoms with van der Waals surface area (Å²) in [6.45, 7) is 9.62. The summed E-state index contributed by atoms with van der Waals surface area (Å²) in [5.41, 5.74) is 1.24. The third-order valence-electron chi connectivity index (χ3n) is 4.33. The number of carbonyl (C=O) groups excluding carboxylic acids is 1. The van der Waals surface area contributed by atoms with E-state index in [0.29, 0.717) is 6.54 Å². The molecule has 4 heteroatoms. The fraction of sp³-hybridized carbons (Fsp3) is 0.526. The first-order valence-electron chi connectivity index (χ1n) is 8.63. The van der Waals surface area contributed by atoms with Crippen LogP contribution >= 0.6 is 0 Å². The summed E-state index contributed by atoms with van der Waals surface area (Å²) < 4.78 is 0. The van der Waals surface area contributed by atoms with E-state index in [0.717, 1.165) is 39.1 Å². The second-order valence-electron chi connectivity index (χ2n) is 6.27. The van der Waals surface area contributed by atoms with Crippen LogP contribution in [0.4, 0.5) is 0 Å². The average Bonchev–Trinajstić information content (AvgIpc) is 2.57. The second kappa shape index (κ2) is 9.48. The Bertz CT molecular complexity index is 493. The minimum absolute atomic E-state index is 0.150. The van der Waals surface area contributed by atoms with Gasteiger partial charge in [-0.05, 0) is 18.9 Å². The summed E-state index contributed by atoms with van der Waals surface area (Å²) in [7, 11) is 0. The molecule has 0 aromatic heterocycles. The van der Waals surface area contributed by atoms with E-state index in [1.165, 1.54) is 5.56 Å². The van der Waals surface area contributed by atoms with Gasteiger partial charge in [0.05, 0.1) is 6.54 Å². The van der Waals surface area contributed by atoms with Gasteiger partial charge in [-0.1, -0.05) is 49.4 Å². The van der Waals surface area contributed by atoms with Crippen LogP contribution in [0.1, 0.15) is 25.8 Å². The van der Waals surface area contributed by atoms with Crippen LogP contribution in [0, 0.1) is 0 Å². The Labute approximate surface area is 140 Å². The van der Waals surface area contributed by atoms with E-state index in [2.05, 4.69) is 65.4 Å². The lowest BCUT2D eigenvalue weighted by Gasteiger charge is -2.33. The first-order chi connectivity index (χ1) is 11.2. The smallest absolute Gasteiger partial charge is 0.234 e. The highest BCUT2D eigenvalue weighted by molar-refractivity contribution is 5.78. The third-order valence-corrected chi connectivity index (χ3v) is 4.33. The second-order valence-corrected chi connectivity index (χ2v) is 6.27. The van der Waals surface area contributed by atoms with Crippen molar-refractivity contribution in [1.82, 2.24) is 15.1 Å². The molecule has 1 fully saturated rings. The highest BCUT2D eigenvalue weighted by Gasteiger charge is 2.18. The van der Waals surface area contributed by atoms with Crippen molar-refractivity contribution < 1.29 is 4.79 Å². The number of benzene rings is 1. The van der Waals surface area contributed by atoms with Gasteiger partial charge in [-0.25, -0.2) is 0 Å². The lowest BCUT2D eigenvalue weighted by atomic mass is 10.2. The van der Waals surface area contributed by atoms with Crippen LogP contribution in [-0.2, 0) is 4.79 Å². The minimum atomic E-state index is 0.150. The van der Waals surface area contributed by atoms with Gasteiger partial charge in [-0.3, -0.25) is 14.6 Å². The fourth-order valence-electron chi connectivity index (χ4n) is 2.66. The standard InChI is InChI=1S/C19H29N3O/c1-3-17(2)20-19(23)16-22-14-12-21(13-15-22)11-7-10-18-8-5-4-6-9-18/h4-10,17H,3,11-16H2,1-2H3,(H,20,23)/b10-7+. The van der Waals surface area contributed by atoms with Crippen molar-refractivity contribution in [3.63, 3.8) is 0 Å². The number of hydrogen-bond acceptors (Lipinski definition) is 3. The van der Waals surface area contributed by atoms with Gasteiger partial charge in [0.2, 0.25) is 5.91 Å².